The standard InChI is InChI=1S/C14H23N3O2/c1-9-6-11(7-15)17(10(9)2)13(19)12(16)14(8-18)4-3-5-14/h9-12,18H,3-6,8,16H2,1-2H3/t9-,10-,11-,12+/m0/s1. The van der Waals surface area contributed by atoms with Crippen LogP contribution < -0.4 is 5.73 Å². The fourth-order valence-corrected chi connectivity index (χ4v) is 3.31. The summed E-state index contributed by atoms with van der Waals surface area (Å²) in [5.41, 5.74) is 5.66. The van der Waals surface area contributed by atoms with Gasteiger partial charge in [-0.25, -0.2) is 0 Å². The molecule has 2 rings (SSSR count). The molecule has 0 spiro atoms. The van der Waals surface area contributed by atoms with E-state index in [-0.39, 0.29) is 24.6 Å². The number of hydrogen-bond acceptors (Lipinski definition) is 4. The highest BCUT2D eigenvalue weighted by Crippen LogP contribution is 2.44. The molecule has 3 N–H and O–H groups in total. The Kier molecular flexibility index (Phi) is 3.84. The molecule has 4 atom stereocenters. The van der Waals surface area contributed by atoms with E-state index in [0.29, 0.717) is 12.3 Å². The van der Waals surface area contributed by atoms with Crippen molar-refractivity contribution < 1.29 is 9.90 Å². The van der Waals surface area contributed by atoms with Crippen LogP contribution in [0.2, 0.25) is 0 Å². The van der Waals surface area contributed by atoms with Crippen molar-refractivity contribution in [3.63, 3.8) is 0 Å². The van der Waals surface area contributed by atoms with Gasteiger partial charge in [-0.2, -0.15) is 5.26 Å². The predicted octanol–water partition coefficient (Wildman–Crippen LogP) is 0.625. The molecule has 2 aliphatic rings. The maximum absolute atomic E-state index is 12.6. The van der Waals surface area contributed by atoms with Crippen molar-refractivity contribution in [1.29, 1.82) is 5.26 Å². The van der Waals surface area contributed by atoms with E-state index in [1.54, 1.807) is 4.90 Å². The maximum Gasteiger partial charge on any atom is 0.241 e. The lowest BCUT2D eigenvalue weighted by Gasteiger charge is -2.45. The summed E-state index contributed by atoms with van der Waals surface area (Å²) in [6.45, 7) is 3.98. The van der Waals surface area contributed by atoms with Crippen molar-refractivity contribution in [2.75, 3.05) is 6.61 Å². The molecule has 1 aliphatic carbocycles. The molecule has 0 aromatic rings. The molecule has 0 radical (unpaired) electrons. The molecule has 5 heteroatoms. The van der Waals surface area contributed by atoms with Gasteiger partial charge in [-0.1, -0.05) is 13.3 Å². The lowest BCUT2D eigenvalue weighted by atomic mass is 9.64. The first kappa shape index (κ1) is 14.3. The van der Waals surface area contributed by atoms with Crippen LogP contribution in [0.1, 0.15) is 39.5 Å². The summed E-state index contributed by atoms with van der Waals surface area (Å²) in [7, 11) is 0. The molecule has 0 unspecified atom stereocenters. The van der Waals surface area contributed by atoms with E-state index in [1.165, 1.54) is 0 Å². The first-order valence-corrected chi connectivity index (χ1v) is 7.05. The van der Waals surface area contributed by atoms with Gasteiger partial charge < -0.3 is 15.7 Å². The van der Waals surface area contributed by atoms with Crippen LogP contribution in [0.4, 0.5) is 0 Å². The van der Waals surface area contributed by atoms with E-state index < -0.39 is 11.5 Å². The lowest BCUT2D eigenvalue weighted by Crippen LogP contribution is -2.59. The van der Waals surface area contributed by atoms with Crippen molar-refractivity contribution >= 4 is 5.91 Å². The SMILES string of the molecule is C[C@H]1C[C@@H](C#N)N(C(=O)[C@@H](N)C2(CO)CCC2)[C@H]1C. The molecule has 1 heterocycles. The molecule has 19 heavy (non-hydrogen) atoms. The largest absolute Gasteiger partial charge is 0.396 e. The third-order valence-electron chi connectivity index (χ3n) is 5.19. The number of nitrogens with two attached hydrogens (primary N) is 1. The number of aliphatic hydroxyl groups excluding tert-OH is 1. The summed E-state index contributed by atoms with van der Waals surface area (Å²) in [6, 6.07) is 1.18. The smallest absolute Gasteiger partial charge is 0.241 e. The first-order valence-electron chi connectivity index (χ1n) is 7.05. The van der Waals surface area contributed by atoms with Gasteiger partial charge in [0.2, 0.25) is 5.91 Å². The average molecular weight is 265 g/mol. The van der Waals surface area contributed by atoms with Crippen molar-refractivity contribution in [3.8, 4) is 6.07 Å². The van der Waals surface area contributed by atoms with Gasteiger partial charge in [-0.3, -0.25) is 4.79 Å². The molecular formula is C14H23N3O2. The fraction of sp³-hybridized carbons (Fsp3) is 0.857. The Morgan fingerprint density at radius 2 is 2.21 bits per heavy atom. The van der Waals surface area contributed by atoms with E-state index in [9.17, 15) is 15.2 Å². The highest BCUT2D eigenvalue weighted by atomic mass is 16.3. The highest BCUT2D eigenvalue weighted by Gasteiger charge is 2.49. The number of hydrogen-bond donors (Lipinski definition) is 2. The number of amides is 1. The number of likely N-dealkylation sites (tertiary alicyclic amines) is 1. The maximum atomic E-state index is 12.6. The zero-order valence-electron chi connectivity index (χ0n) is 11.7. The minimum atomic E-state index is -0.685. The third kappa shape index (κ3) is 2.13. The Morgan fingerprint density at radius 3 is 2.63 bits per heavy atom. The zero-order chi connectivity index (χ0) is 14.2. The molecule has 2 fully saturated rings. The fourth-order valence-electron chi connectivity index (χ4n) is 3.31. The molecule has 0 bridgehead atoms. The summed E-state index contributed by atoms with van der Waals surface area (Å²) in [6.07, 6.45) is 3.31. The van der Waals surface area contributed by atoms with Gasteiger partial charge in [0.05, 0.1) is 18.7 Å². The second-order valence-corrected chi connectivity index (χ2v) is 6.20. The lowest BCUT2D eigenvalue weighted by molar-refractivity contribution is -0.141. The van der Waals surface area contributed by atoms with Gasteiger partial charge in [-0.05, 0) is 32.1 Å². The Hall–Kier alpha value is -1.12. The summed E-state index contributed by atoms with van der Waals surface area (Å²) in [5.74, 6) is 0.143. The van der Waals surface area contributed by atoms with Crippen LogP contribution >= 0.6 is 0 Å². The molecule has 1 saturated carbocycles. The van der Waals surface area contributed by atoms with Gasteiger partial charge in [0.15, 0.2) is 0 Å². The summed E-state index contributed by atoms with van der Waals surface area (Å²) < 4.78 is 0. The van der Waals surface area contributed by atoms with Crippen molar-refractivity contribution in [3.05, 3.63) is 0 Å². The molecule has 5 nitrogen and oxygen atoms in total. The van der Waals surface area contributed by atoms with Crippen LogP contribution in [-0.2, 0) is 4.79 Å². The monoisotopic (exact) mass is 265 g/mol. The summed E-state index contributed by atoms with van der Waals surface area (Å²) in [5, 5.41) is 18.7. The number of aliphatic hydroxyl groups is 1. The van der Waals surface area contributed by atoms with Crippen LogP contribution in [-0.4, -0.2) is 40.6 Å². The van der Waals surface area contributed by atoms with Gasteiger partial charge in [0.25, 0.3) is 0 Å². The van der Waals surface area contributed by atoms with Crippen LogP contribution in [0.3, 0.4) is 0 Å². The van der Waals surface area contributed by atoms with E-state index in [1.807, 2.05) is 6.92 Å². The van der Waals surface area contributed by atoms with Crippen molar-refractivity contribution in [2.24, 2.45) is 17.1 Å². The second-order valence-electron chi connectivity index (χ2n) is 6.20. The third-order valence-corrected chi connectivity index (χ3v) is 5.19. The quantitative estimate of drug-likeness (QED) is 0.783. The van der Waals surface area contributed by atoms with Crippen LogP contribution in [0.15, 0.2) is 0 Å². The van der Waals surface area contributed by atoms with Gasteiger partial charge in [-0.15, -0.1) is 0 Å². The van der Waals surface area contributed by atoms with Crippen LogP contribution in [0.25, 0.3) is 0 Å². The van der Waals surface area contributed by atoms with Gasteiger partial charge in [0, 0.05) is 11.5 Å². The predicted molar refractivity (Wildman–Crippen MR) is 70.8 cm³/mol. The Bertz CT molecular complexity index is 394. The number of nitrogens with zero attached hydrogens (tertiary/aromatic N) is 2. The number of nitriles is 1. The van der Waals surface area contributed by atoms with Crippen LogP contribution in [0.5, 0.6) is 0 Å². The summed E-state index contributed by atoms with van der Waals surface area (Å²) in [4.78, 5) is 14.3. The topological polar surface area (TPSA) is 90.4 Å². The molecular weight excluding hydrogens is 242 g/mol. The molecule has 0 aromatic carbocycles. The normalized spacial score (nSPS) is 34.5. The van der Waals surface area contributed by atoms with Crippen molar-refractivity contribution in [1.82, 2.24) is 4.90 Å². The van der Waals surface area contributed by atoms with Gasteiger partial charge in [0.1, 0.15) is 6.04 Å². The van der Waals surface area contributed by atoms with E-state index in [0.717, 1.165) is 19.3 Å². The molecule has 1 amide bonds. The number of rotatable bonds is 3. The van der Waals surface area contributed by atoms with E-state index in [4.69, 9.17) is 5.73 Å². The Balaban J connectivity index is 2.17. The molecule has 0 aromatic heterocycles. The Labute approximate surface area is 114 Å². The summed E-state index contributed by atoms with van der Waals surface area (Å²) >= 11 is 0. The first-order chi connectivity index (χ1) is 8.96. The number of carbonyl (C=O) groups excluding carboxylic acids is 1. The van der Waals surface area contributed by atoms with Crippen molar-refractivity contribution in [2.45, 2.75) is 57.7 Å². The van der Waals surface area contributed by atoms with Gasteiger partial charge >= 0.3 is 0 Å². The highest BCUT2D eigenvalue weighted by molar-refractivity contribution is 5.84. The zero-order valence-corrected chi connectivity index (χ0v) is 11.7. The molecule has 1 saturated heterocycles. The minimum absolute atomic E-state index is 0.0408. The van der Waals surface area contributed by atoms with E-state index in [2.05, 4.69) is 13.0 Å². The average Bonchev–Trinajstić information content (AvgIpc) is 2.63. The molecule has 106 valence electrons. The Morgan fingerprint density at radius 1 is 1.58 bits per heavy atom. The molecule has 1 aliphatic heterocycles. The van der Waals surface area contributed by atoms with Crippen LogP contribution in [0, 0.1) is 22.7 Å². The second kappa shape index (κ2) is 5.10. The number of carbonyl (C=O) groups is 1. The minimum Gasteiger partial charge on any atom is -0.396 e. The van der Waals surface area contributed by atoms with E-state index >= 15 is 0 Å².